The molecular weight excluding hydrogens is 527 g/mol. The maximum Gasteiger partial charge on any atom is 1.00 e. The summed E-state index contributed by atoms with van der Waals surface area (Å²) < 4.78 is 0. The number of fused-ring (bicyclic) bond motifs is 2. The summed E-state index contributed by atoms with van der Waals surface area (Å²) in [6.45, 7) is 0. The first kappa shape index (κ1) is 37.1. The number of nitrogen functional groups attached to an aromatic ring is 1. The van der Waals surface area contributed by atoms with Crippen LogP contribution in [0.1, 0.15) is 31.1 Å². The van der Waals surface area contributed by atoms with Crippen molar-refractivity contribution in [2.45, 2.75) is 0 Å². The Balaban J connectivity index is 0.000000547. The molecule has 0 amide bonds. The van der Waals surface area contributed by atoms with Crippen LogP contribution in [0.15, 0.2) is 109 Å². The summed E-state index contributed by atoms with van der Waals surface area (Å²) in [5, 5.41) is 34.8. The van der Waals surface area contributed by atoms with Crippen LogP contribution >= 0.6 is 0 Å². The summed E-state index contributed by atoms with van der Waals surface area (Å²) >= 11 is 0. The minimum atomic E-state index is -1.16. The Kier molecular flexibility index (Phi) is 17.5. The Bertz CT molecular complexity index is 1540. The molecule has 5 rings (SSSR count). The maximum atomic E-state index is 10.7. The topological polar surface area (TPSA) is 146 Å². The number of nitrogens with two attached hydrogens (primary N) is 1. The van der Waals surface area contributed by atoms with Gasteiger partial charge < -0.3 is 35.4 Å². The van der Waals surface area contributed by atoms with Crippen LogP contribution in [0.4, 0.5) is 5.69 Å². The number of carbonyl (C=O) groups excluding carboxylic acids is 3. The van der Waals surface area contributed by atoms with Gasteiger partial charge in [-0.2, -0.15) is 0 Å². The summed E-state index contributed by atoms with van der Waals surface area (Å²) in [5.74, 6) is -3.42. The molecule has 7 nitrogen and oxygen atoms in total. The summed E-state index contributed by atoms with van der Waals surface area (Å²) in [7, 11) is 0. The second-order valence-corrected chi connectivity index (χ2v) is 7.58. The van der Waals surface area contributed by atoms with E-state index in [1.807, 2.05) is 24.3 Å². The van der Waals surface area contributed by atoms with E-state index in [-0.39, 0.29) is 116 Å². The smallest absolute Gasteiger partial charge is 0.545 e. The van der Waals surface area contributed by atoms with Gasteiger partial charge >= 0.3 is 99.8 Å². The number of carboxylic acids is 3. The van der Waals surface area contributed by atoms with Crippen molar-refractivity contribution in [1.29, 1.82) is 0 Å². The Morgan fingerprint density at radius 3 is 1.67 bits per heavy atom. The normalized spacial score (nSPS) is 9.13. The van der Waals surface area contributed by atoms with Crippen LogP contribution in [-0.4, -0.2) is 17.9 Å². The van der Waals surface area contributed by atoms with Gasteiger partial charge in [-0.25, -0.2) is 0 Å². The second-order valence-electron chi connectivity index (χ2n) is 7.58. The zero-order valence-corrected chi connectivity index (χ0v) is 27.0. The van der Waals surface area contributed by atoms with Gasteiger partial charge in [0, 0.05) is 11.3 Å². The fourth-order valence-electron chi connectivity index (χ4n) is 3.37. The molecule has 180 valence electrons. The molecule has 0 spiro atoms. The predicted molar refractivity (Wildman–Crippen MR) is 132 cm³/mol. The van der Waals surface area contributed by atoms with Crippen LogP contribution in [0.5, 0.6) is 0 Å². The van der Waals surface area contributed by atoms with Gasteiger partial charge in [0.05, 0.1) is 17.9 Å². The average Bonchev–Trinajstić information content (AvgIpc) is 2.89. The van der Waals surface area contributed by atoms with Crippen LogP contribution in [0.3, 0.4) is 0 Å². The summed E-state index contributed by atoms with van der Waals surface area (Å²) in [5.41, 5.74) is 6.91. The molecular formula is C29H20KLiNNaO6. The molecule has 0 aliphatic heterocycles. The number of benzene rings is 5. The second kappa shape index (κ2) is 18.4. The standard InChI is InChI=1S/C11H9NO2.C11H8O2.C7H6O2.K.Li.Na/c12-10-4-3-7-5-9(11(13)14)2-1-8(7)6-10;12-11(13)10-7-3-5-8-4-1-2-6-9(8)10;8-7(9)6-4-2-1-3-5-6;;;/h1-6H,12H2,(H,13,14);1-7H,(H,12,13);1-5H,(H,8,9);;;/q;;;3*+1/p-3. The zero-order chi connectivity index (χ0) is 26.1. The van der Waals surface area contributed by atoms with Gasteiger partial charge in [-0.3, -0.25) is 0 Å². The maximum absolute atomic E-state index is 10.7. The predicted octanol–water partition coefficient (Wildman–Crippen LogP) is -6.95. The fraction of sp³-hybridized carbons (Fsp3) is 0. The molecule has 0 aliphatic rings. The van der Waals surface area contributed by atoms with Crippen molar-refractivity contribution in [1.82, 2.24) is 0 Å². The molecule has 5 aromatic rings. The van der Waals surface area contributed by atoms with E-state index >= 15 is 0 Å². The molecule has 0 radical (unpaired) electrons. The van der Waals surface area contributed by atoms with Crippen molar-refractivity contribution in [2.75, 3.05) is 5.73 Å². The molecule has 0 saturated heterocycles. The van der Waals surface area contributed by atoms with E-state index in [2.05, 4.69) is 0 Å². The summed E-state index contributed by atoms with van der Waals surface area (Å²) in [6, 6.07) is 30.7. The first-order valence-electron chi connectivity index (χ1n) is 10.7. The Morgan fingerprint density at radius 2 is 1.08 bits per heavy atom. The largest absolute Gasteiger partial charge is 1.00 e. The van der Waals surface area contributed by atoms with Gasteiger partial charge in [0.25, 0.3) is 0 Å². The molecule has 0 aromatic heterocycles. The van der Waals surface area contributed by atoms with E-state index in [4.69, 9.17) is 5.73 Å². The molecule has 10 heteroatoms. The third-order valence-electron chi connectivity index (χ3n) is 5.12. The first-order valence-corrected chi connectivity index (χ1v) is 10.7. The van der Waals surface area contributed by atoms with E-state index in [9.17, 15) is 29.7 Å². The third kappa shape index (κ3) is 11.2. The number of carbonyl (C=O) groups is 3. The minimum absolute atomic E-state index is 0. The number of hydrogen-bond donors (Lipinski definition) is 1. The molecule has 0 bridgehead atoms. The van der Waals surface area contributed by atoms with Gasteiger partial charge in [0.15, 0.2) is 0 Å². The number of aromatic carboxylic acids is 3. The van der Waals surface area contributed by atoms with Crippen LogP contribution < -0.4 is 121 Å². The van der Waals surface area contributed by atoms with Crippen LogP contribution in [0.25, 0.3) is 21.5 Å². The SMILES string of the molecule is Nc1ccc2cc(C(=O)[O-])ccc2c1.O=C([O-])c1cccc2ccccc12.O=C([O-])c1ccccc1.[K+].[Li+].[Na+]. The summed E-state index contributed by atoms with van der Waals surface area (Å²) in [4.78, 5) is 31.4. The van der Waals surface area contributed by atoms with Crippen molar-refractivity contribution in [3.8, 4) is 0 Å². The Hall–Kier alpha value is -1.94. The van der Waals surface area contributed by atoms with Crippen molar-refractivity contribution in [3.63, 3.8) is 0 Å². The van der Waals surface area contributed by atoms with Crippen molar-refractivity contribution in [2.24, 2.45) is 0 Å². The van der Waals surface area contributed by atoms with Crippen molar-refractivity contribution >= 4 is 45.1 Å². The van der Waals surface area contributed by atoms with E-state index in [0.29, 0.717) is 5.69 Å². The van der Waals surface area contributed by atoms with Crippen LogP contribution in [0, 0.1) is 0 Å². The molecule has 0 saturated carbocycles. The monoisotopic (exact) mass is 547 g/mol. The fourth-order valence-corrected chi connectivity index (χ4v) is 3.37. The molecule has 0 heterocycles. The van der Waals surface area contributed by atoms with E-state index < -0.39 is 17.9 Å². The number of anilines is 1. The molecule has 2 N–H and O–H groups in total. The number of hydrogen-bond acceptors (Lipinski definition) is 7. The van der Waals surface area contributed by atoms with Gasteiger partial charge in [0.1, 0.15) is 0 Å². The number of rotatable bonds is 3. The summed E-state index contributed by atoms with van der Waals surface area (Å²) in [6.07, 6.45) is 0. The van der Waals surface area contributed by atoms with Crippen molar-refractivity contribution in [3.05, 3.63) is 126 Å². The van der Waals surface area contributed by atoms with E-state index in [1.54, 1.807) is 66.7 Å². The van der Waals surface area contributed by atoms with E-state index in [1.165, 1.54) is 18.2 Å². The Morgan fingerprint density at radius 1 is 0.538 bits per heavy atom. The molecule has 39 heavy (non-hydrogen) atoms. The minimum Gasteiger partial charge on any atom is -0.545 e. The molecule has 0 aliphatic carbocycles. The number of carboxylic acid groups (broad SMARTS) is 3. The molecule has 5 aromatic carbocycles. The van der Waals surface area contributed by atoms with Crippen LogP contribution in [-0.2, 0) is 0 Å². The molecule has 0 unspecified atom stereocenters. The van der Waals surface area contributed by atoms with Gasteiger partial charge in [-0.15, -0.1) is 0 Å². The van der Waals surface area contributed by atoms with Gasteiger partial charge in [0.2, 0.25) is 0 Å². The average molecular weight is 548 g/mol. The van der Waals surface area contributed by atoms with Crippen molar-refractivity contribution < 1.29 is 130 Å². The third-order valence-corrected chi connectivity index (χ3v) is 5.12. The zero-order valence-electron chi connectivity index (χ0n) is 21.9. The van der Waals surface area contributed by atoms with Gasteiger partial charge in [-0.1, -0.05) is 91.0 Å². The van der Waals surface area contributed by atoms with Crippen LogP contribution in [0.2, 0.25) is 0 Å². The van der Waals surface area contributed by atoms with E-state index in [0.717, 1.165) is 21.5 Å². The molecule has 0 atom stereocenters. The Labute approximate surface area is 302 Å². The van der Waals surface area contributed by atoms with Gasteiger partial charge in [-0.05, 0) is 50.9 Å². The molecule has 0 fully saturated rings. The first-order chi connectivity index (χ1) is 17.3. The quantitative estimate of drug-likeness (QED) is 0.175.